The minimum atomic E-state index is -1.18. The fourth-order valence-corrected chi connectivity index (χ4v) is 5.71. The zero-order valence-corrected chi connectivity index (χ0v) is 17.5. The van der Waals surface area contributed by atoms with Crippen molar-refractivity contribution in [1.82, 2.24) is 15.2 Å². The van der Waals surface area contributed by atoms with E-state index in [2.05, 4.69) is 15.5 Å². The van der Waals surface area contributed by atoms with Gasteiger partial charge in [-0.1, -0.05) is 16.5 Å². The van der Waals surface area contributed by atoms with Crippen LogP contribution < -0.4 is 11.1 Å². The highest BCUT2D eigenvalue weighted by Crippen LogP contribution is 2.42. The largest absolute Gasteiger partial charge is 0.477 e. The molecule has 1 aromatic heterocycles. The number of nitrogens with two attached hydrogens (primary N) is 1. The Balaban J connectivity index is 1.53. The van der Waals surface area contributed by atoms with Crippen LogP contribution in [-0.2, 0) is 24.0 Å². The Bertz CT molecular complexity index is 954. The molecule has 4 N–H and O–H groups in total. The zero-order chi connectivity index (χ0) is 21.4. The summed E-state index contributed by atoms with van der Waals surface area (Å²) in [6, 6.07) is -0.879. The molecule has 0 aromatic carbocycles. The van der Waals surface area contributed by atoms with Crippen LogP contribution >= 0.6 is 23.1 Å². The van der Waals surface area contributed by atoms with Crippen molar-refractivity contribution in [3.05, 3.63) is 22.3 Å². The lowest BCUT2D eigenvalue weighted by molar-refractivity contribution is -0.150. The minimum Gasteiger partial charge on any atom is -0.477 e. The lowest BCUT2D eigenvalue weighted by Gasteiger charge is -2.49. The maximum absolute atomic E-state index is 12.8. The number of thioether (sulfide) groups is 1. The molecular formula is C17H19N5O6S2. The number of hydrogen-bond donors (Lipinski definition) is 3. The maximum atomic E-state index is 12.8. The number of carbonyl (C=O) groups excluding carboxylic acids is 2. The molecular weight excluding hydrogens is 434 g/mol. The Labute approximate surface area is 179 Å². The summed E-state index contributed by atoms with van der Waals surface area (Å²) >= 11 is 2.45. The third-order valence-electron chi connectivity index (χ3n) is 4.96. The summed E-state index contributed by atoms with van der Waals surface area (Å²) in [6.07, 6.45) is 2.68. The fourth-order valence-electron chi connectivity index (χ4n) is 3.64. The number of fused-ring (bicyclic) bond motifs is 1. The number of rotatable bonds is 6. The summed E-state index contributed by atoms with van der Waals surface area (Å²) in [6.45, 7) is 0.575. The summed E-state index contributed by atoms with van der Waals surface area (Å²) in [5, 5.41) is 15.8. The van der Waals surface area contributed by atoms with Crippen molar-refractivity contribution >= 4 is 51.7 Å². The molecule has 13 heteroatoms. The van der Waals surface area contributed by atoms with Crippen molar-refractivity contribution in [3.63, 3.8) is 0 Å². The molecule has 3 aliphatic heterocycles. The van der Waals surface area contributed by atoms with E-state index >= 15 is 0 Å². The molecule has 2 fully saturated rings. The van der Waals surface area contributed by atoms with E-state index in [1.165, 1.54) is 30.0 Å². The molecule has 4 heterocycles. The lowest BCUT2D eigenvalue weighted by Crippen LogP contribution is -2.71. The Morgan fingerprint density at radius 2 is 2.30 bits per heavy atom. The molecule has 160 valence electrons. The van der Waals surface area contributed by atoms with Crippen LogP contribution in [-0.4, -0.2) is 75.5 Å². The first-order valence-corrected chi connectivity index (χ1v) is 10.9. The number of nitrogens with one attached hydrogen (secondary N) is 1. The number of aromatic nitrogens is 1. The number of oxime groups is 1. The molecule has 2 amide bonds. The second kappa shape index (κ2) is 8.24. The highest BCUT2D eigenvalue weighted by atomic mass is 32.2. The van der Waals surface area contributed by atoms with Gasteiger partial charge in [0.05, 0.1) is 11.0 Å². The number of hydrogen-bond acceptors (Lipinski definition) is 10. The first kappa shape index (κ1) is 20.6. The number of aliphatic carboxylic acids is 1. The number of carboxylic acids is 1. The van der Waals surface area contributed by atoms with Gasteiger partial charge in [0.15, 0.2) is 10.8 Å². The van der Waals surface area contributed by atoms with Crippen molar-refractivity contribution in [2.45, 2.75) is 30.4 Å². The Morgan fingerprint density at radius 1 is 1.50 bits per heavy atom. The first-order chi connectivity index (χ1) is 14.4. The summed E-state index contributed by atoms with van der Waals surface area (Å²) in [5.74, 6) is -1.89. The number of nitrogen functional groups attached to an aromatic ring is 1. The predicted octanol–water partition coefficient (Wildman–Crippen LogP) is -0.00660. The summed E-state index contributed by atoms with van der Waals surface area (Å²) in [4.78, 5) is 47.7. The highest BCUT2D eigenvalue weighted by molar-refractivity contribution is 8.00. The second-order valence-electron chi connectivity index (χ2n) is 6.73. The maximum Gasteiger partial charge on any atom is 0.352 e. The quantitative estimate of drug-likeness (QED) is 0.306. The topological polar surface area (TPSA) is 156 Å². The standard InChI is InChI=1S/C17H19N5O6S2/c1-27-21-10(9-5-19-17(18)30-9)13(23)20-11-14(24)22-12(16(25)26)7(6-29-15(11)22)8-3-2-4-28-8/h5,8,11,15H,2-4,6H2,1H3,(H2,18,19)(H,20,23)(H,25,26)/b21-10-/t8-,11+,15+/m0/s1. The van der Waals surface area contributed by atoms with E-state index in [4.69, 9.17) is 15.3 Å². The number of β-lactam (4-membered cyclic amide) rings is 1. The van der Waals surface area contributed by atoms with E-state index in [0.29, 0.717) is 22.8 Å². The third kappa shape index (κ3) is 3.52. The van der Waals surface area contributed by atoms with Crippen molar-refractivity contribution in [2.24, 2.45) is 5.16 Å². The predicted molar refractivity (Wildman–Crippen MR) is 109 cm³/mol. The molecule has 2 saturated heterocycles. The van der Waals surface area contributed by atoms with Gasteiger partial charge < -0.3 is 25.7 Å². The van der Waals surface area contributed by atoms with E-state index in [9.17, 15) is 19.5 Å². The molecule has 1 aromatic rings. The molecule has 0 unspecified atom stereocenters. The van der Waals surface area contributed by atoms with Crippen LogP contribution in [0.4, 0.5) is 5.13 Å². The van der Waals surface area contributed by atoms with Crippen LogP contribution in [0.25, 0.3) is 0 Å². The van der Waals surface area contributed by atoms with Gasteiger partial charge in [0.25, 0.3) is 11.8 Å². The van der Waals surface area contributed by atoms with Crippen molar-refractivity contribution in [2.75, 3.05) is 25.2 Å². The Hall–Kier alpha value is -2.64. The van der Waals surface area contributed by atoms with Crippen LogP contribution in [0.2, 0.25) is 0 Å². The van der Waals surface area contributed by atoms with Crippen LogP contribution in [0, 0.1) is 0 Å². The number of nitrogens with zero attached hydrogens (tertiary/aromatic N) is 3. The smallest absolute Gasteiger partial charge is 0.352 e. The number of amides is 2. The van der Waals surface area contributed by atoms with Crippen molar-refractivity contribution in [1.29, 1.82) is 0 Å². The van der Waals surface area contributed by atoms with Gasteiger partial charge in [0.1, 0.15) is 24.2 Å². The molecule has 3 aliphatic rings. The van der Waals surface area contributed by atoms with Crippen LogP contribution in [0.3, 0.4) is 0 Å². The van der Waals surface area contributed by atoms with Crippen molar-refractivity contribution < 1.29 is 29.1 Å². The average Bonchev–Trinajstić information content (AvgIpc) is 3.40. The monoisotopic (exact) mass is 453 g/mol. The normalized spacial score (nSPS) is 26.3. The van der Waals surface area contributed by atoms with Gasteiger partial charge >= 0.3 is 5.97 Å². The first-order valence-electron chi connectivity index (χ1n) is 9.08. The van der Waals surface area contributed by atoms with E-state index < -0.39 is 29.2 Å². The second-order valence-corrected chi connectivity index (χ2v) is 8.89. The van der Waals surface area contributed by atoms with Crippen LogP contribution in [0.1, 0.15) is 17.7 Å². The third-order valence-corrected chi connectivity index (χ3v) is 7.10. The SMILES string of the molecule is CO/N=C(\C(=O)N[C@@H]1C(=O)N2C(C(=O)O)=C([C@@H]3CCCO3)CS[C@H]12)c1cnc(N)s1. The summed E-state index contributed by atoms with van der Waals surface area (Å²) in [5.41, 5.74) is 6.12. The summed E-state index contributed by atoms with van der Waals surface area (Å²) < 4.78 is 5.63. The van der Waals surface area contributed by atoms with Crippen molar-refractivity contribution in [3.8, 4) is 0 Å². The van der Waals surface area contributed by atoms with E-state index in [0.717, 1.165) is 24.2 Å². The molecule has 0 bridgehead atoms. The number of carbonyl (C=O) groups is 3. The number of thiazole rings is 1. The van der Waals surface area contributed by atoms with Gasteiger partial charge in [-0.15, -0.1) is 11.8 Å². The molecule has 0 aliphatic carbocycles. The van der Waals surface area contributed by atoms with Gasteiger partial charge in [0.2, 0.25) is 0 Å². The van der Waals surface area contributed by atoms with Gasteiger partial charge in [-0.2, -0.15) is 0 Å². The molecule has 0 saturated carbocycles. The highest BCUT2D eigenvalue weighted by Gasteiger charge is 2.55. The number of ether oxygens (including phenoxy) is 1. The lowest BCUT2D eigenvalue weighted by atomic mass is 9.99. The van der Waals surface area contributed by atoms with E-state index in [-0.39, 0.29) is 22.6 Å². The number of carboxylic acid groups (broad SMARTS) is 1. The van der Waals surface area contributed by atoms with Gasteiger partial charge in [-0.05, 0) is 18.4 Å². The Kier molecular flexibility index (Phi) is 5.66. The van der Waals surface area contributed by atoms with Crippen LogP contribution in [0.15, 0.2) is 22.6 Å². The summed E-state index contributed by atoms with van der Waals surface area (Å²) in [7, 11) is 1.29. The van der Waals surface area contributed by atoms with Gasteiger partial charge in [0, 0.05) is 18.6 Å². The minimum absolute atomic E-state index is 0.0397. The molecule has 3 atom stereocenters. The number of anilines is 1. The molecule has 30 heavy (non-hydrogen) atoms. The van der Waals surface area contributed by atoms with E-state index in [1.54, 1.807) is 0 Å². The Morgan fingerprint density at radius 3 is 2.90 bits per heavy atom. The molecule has 11 nitrogen and oxygen atoms in total. The van der Waals surface area contributed by atoms with Crippen LogP contribution in [0.5, 0.6) is 0 Å². The van der Waals surface area contributed by atoms with Gasteiger partial charge in [-0.3, -0.25) is 14.5 Å². The molecule has 0 radical (unpaired) electrons. The van der Waals surface area contributed by atoms with E-state index in [1.807, 2.05) is 0 Å². The zero-order valence-electron chi connectivity index (χ0n) is 15.9. The van der Waals surface area contributed by atoms with Gasteiger partial charge in [-0.25, -0.2) is 9.78 Å². The molecule has 4 rings (SSSR count). The fraction of sp³-hybridized carbons (Fsp3) is 0.471. The average molecular weight is 454 g/mol. The molecule has 0 spiro atoms.